The summed E-state index contributed by atoms with van der Waals surface area (Å²) in [5, 5.41) is 15.5. The number of halogens is 2. The second kappa shape index (κ2) is 8.53. The van der Waals surface area contributed by atoms with E-state index < -0.39 is 17.9 Å². The van der Waals surface area contributed by atoms with E-state index in [-0.39, 0.29) is 19.5 Å². The topological polar surface area (TPSA) is 78.4 Å². The molecule has 21 heavy (non-hydrogen) atoms. The molecule has 2 amide bonds. The molecule has 5 nitrogen and oxygen atoms in total. The average molecular weight is 329 g/mol. The van der Waals surface area contributed by atoms with Crippen molar-refractivity contribution in [3.63, 3.8) is 0 Å². The molecule has 0 saturated carbocycles. The van der Waals surface area contributed by atoms with Gasteiger partial charge in [0.1, 0.15) is 6.42 Å². The smallest absolute Gasteiger partial charge is 0.230 e. The fourth-order valence-corrected chi connectivity index (χ4v) is 2.06. The van der Waals surface area contributed by atoms with Gasteiger partial charge in [-0.1, -0.05) is 29.1 Å². The quantitative estimate of drug-likeness (QED) is 0.543. The standard InChI is InChI=1S/C14H14Cl2N2O3/c1-2-3-17-13(20)7-14(21)18-8-12(19)9-4-10(15)6-11(16)5-9/h1,4-6,12,19H,3,7-8H2,(H,17,20)(H,18,21). The second-order valence-corrected chi connectivity index (χ2v) is 5.05. The van der Waals surface area contributed by atoms with Crippen molar-refractivity contribution in [3.8, 4) is 12.3 Å². The summed E-state index contributed by atoms with van der Waals surface area (Å²) in [4.78, 5) is 22.8. The molecule has 0 saturated heterocycles. The van der Waals surface area contributed by atoms with Gasteiger partial charge in [-0.05, 0) is 23.8 Å². The van der Waals surface area contributed by atoms with Gasteiger partial charge < -0.3 is 15.7 Å². The first-order valence-electron chi connectivity index (χ1n) is 6.03. The van der Waals surface area contributed by atoms with Crippen molar-refractivity contribution in [3.05, 3.63) is 33.8 Å². The normalized spacial score (nSPS) is 11.3. The first-order chi connectivity index (χ1) is 9.92. The Labute approximate surface area is 132 Å². The number of hydrogen-bond donors (Lipinski definition) is 3. The Bertz CT molecular complexity index is 550. The summed E-state index contributed by atoms with van der Waals surface area (Å²) in [7, 11) is 0. The number of nitrogens with one attached hydrogen (secondary N) is 2. The SMILES string of the molecule is C#CCNC(=O)CC(=O)NCC(O)c1cc(Cl)cc(Cl)c1. The second-order valence-electron chi connectivity index (χ2n) is 4.18. The number of amides is 2. The molecule has 112 valence electrons. The molecule has 0 aliphatic heterocycles. The summed E-state index contributed by atoms with van der Waals surface area (Å²) in [6.45, 7) is 0.00761. The summed E-state index contributed by atoms with van der Waals surface area (Å²) in [5.41, 5.74) is 0.476. The maximum absolute atomic E-state index is 11.5. The molecule has 3 N–H and O–H groups in total. The number of aliphatic hydroxyl groups excluding tert-OH is 1. The zero-order chi connectivity index (χ0) is 15.8. The number of rotatable bonds is 6. The summed E-state index contributed by atoms with van der Waals surface area (Å²) in [5.74, 6) is 1.23. The van der Waals surface area contributed by atoms with Gasteiger partial charge in [0.25, 0.3) is 0 Å². The van der Waals surface area contributed by atoms with Gasteiger partial charge in [0.05, 0.1) is 12.6 Å². The fraction of sp³-hybridized carbons (Fsp3) is 0.286. The maximum atomic E-state index is 11.5. The number of carbonyl (C=O) groups excluding carboxylic acids is 2. The minimum Gasteiger partial charge on any atom is -0.387 e. The van der Waals surface area contributed by atoms with E-state index in [1.807, 2.05) is 0 Å². The van der Waals surface area contributed by atoms with Crippen LogP contribution in [0.1, 0.15) is 18.1 Å². The third-order valence-corrected chi connectivity index (χ3v) is 2.91. The van der Waals surface area contributed by atoms with E-state index in [9.17, 15) is 14.7 Å². The molecular weight excluding hydrogens is 315 g/mol. The molecule has 1 aromatic carbocycles. The van der Waals surface area contributed by atoms with Gasteiger partial charge >= 0.3 is 0 Å². The van der Waals surface area contributed by atoms with Crippen molar-refractivity contribution >= 4 is 35.0 Å². The van der Waals surface area contributed by atoms with Crippen molar-refractivity contribution < 1.29 is 14.7 Å². The van der Waals surface area contributed by atoms with Crippen molar-refractivity contribution in [2.75, 3.05) is 13.1 Å². The van der Waals surface area contributed by atoms with Crippen LogP contribution in [0.4, 0.5) is 0 Å². The van der Waals surface area contributed by atoms with Gasteiger partial charge in [-0.25, -0.2) is 0 Å². The number of hydrogen-bond acceptors (Lipinski definition) is 3. The largest absolute Gasteiger partial charge is 0.387 e. The first kappa shape index (κ1) is 17.3. The van der Waals surface area contributed by atoms with Crippen molar-refractivity contribution in [2.45, 2.75) is 12.5 Å². The van der Waals surface area contributed by atoms with Crippen LogP contribution in [0.5, 0.6) is 0 Å². The Morgan fingerprint density at radius 2 is 1.76 bits per heavy atom. The Balaban J connectivity index is 2.45. The highest BCUT2D eigenvalue weighted by Gasteiger charge is 2.13. The van der Waals surface area contributed by atoms with Gasteiger partial charge in [0.2, 0.25) is 11.8 Å². The summed E-state index contributed by atoms with van der Waals surface area (Å²) < 4.78 is 0. The summed E-state index contributed by atoms with van der Waals surface area (Å²) in [6.07, 6.45) is 3.65. The summed E-state index contributed by atoms with van der Waals surface area (Å²) >= 11 is 11.6. The van der Waals surface area contributed by atoms with E-state index >= 15 is 0 Å². The van der Waals surface area contributed by atoms with Crippen LogP contribution in [0.2, 0.25) is 10.0 Å². The monoisotopic (exact) mass is 328 g/mol. The highest BCUT2D eigenvalue weighted by molar-refractivity contribution is 6.34. The fourth-order valence-electron chi connectivity index (χ4n) is 1.52. The molecule has 0 fully saturated rings. The minimum absolute atomic E-state index is 0.0576. The van der Waals surface area contributed by atoms with E-state index in [0.717, 1.165) is 0 Å². The van der Waals surface area contributed by atoms with E-state index in [1.54, 1.807) is 12.1 Å². The minimum atomic E-state index is -0.973. The lowest BCUT2D eigenvalue weighted by Gasteiger charge is -2.13. The predicted molar refractivity (Wildman–Crippen MR) is 80.9 cm³/mol. The Morgan fingerprint density at radius 3 is 2.33 bits per heavy atom. The molecule has 1 atom stereocenters. The highest BCUT2D eigenvalue weighted by atomic mass is 35.5. The van der Waals surface area contributed by atoms with E-state index in [4.69, 9.17) is 29.6 Å². The molecule has 1 rings (SSSR count). The molecule has 0 aliphatic carbocycles. The number of carbonyl (C=O) groups is 2. The van der Waals surface area contributed by atoms with Gasteiger partial charge in [0.15, 0.2) is 0 Å². The number of benzene rings is 1. The molecule has 7 heteroatoms. The number of aliphatic hydroxyl groups is 1. The van der Waals surface area contributed by atoms with Crippen molar-refractivity contribution in [2.24, 2.45) is 0 Å². The lowest BCUT2D eigenvalue weighted by Crippen LogP contribution is -2.34. The van der Waals surface area contributed by atoms with Crippen LogP contribution in [-0.4, -0.2) is 30.0 Å². The molecule has 0 radical (unpaired) electrons. The summed E-state index contributed by atoms with van der Waals surface area (Å²) in [6, 6.07) is 4.63. The van der Waals surface area contributed by atoms with Gasteiger partial charge in [0, 0.05) is 16.6 Å². The first-order valence-corrected chi connectivity index (χ1v) is 6.79. The van der Waals surface area contributed by atoms with Crippen molar-refractivity contribution in [1.29, 1.82) is 0 Å². The van der Waals surface area contributed by atoms with E-state index in [0.29, 0.717) is 15.6 Å². The van der Waals surface area contributed by atoms with E-state index in [2.05, 4.69) is 16.6 Å². The zero-order valence-corrected chi connectivity index (χ0v) is 12.5. The van der Waals surface area contributed by atoms with Gasteiger partial charge in [-0.2, -0.15) is 0 Å². The molecule has 0 bridgehead atoms. The van der Waals surface area contributed by atoms with Crippen LogP contribution in [-0.2, 0) is 9.59 Å². The predicted octanol–water partition coefficient (Wildman–Crippen LogP) is 1.28. The van der Waals surface area contributed by atoms with Crippen molar-refractivity contribution in [1.82, 2.24) is 10.6 Å². The molecule has 1 aromatic rings. The van der Waals surface area contributed by atoms with Crippen LogP contribution in [0, 0.1) is 12.3 Å². The Kier molecular flexibility index (Phi) is 7.03. The molecular formula is C14H14Cl2N2O3. The number of terminal acetylenes is 1. The zero-order valence-electron chi connectivity index (χ0n) is 11.0. The maximum Gasteiger partial charge on any atom is 0.230 e. The Hall–Kier alpha value is -1.74. The van der Waals surface area contributed by atoms with Crippen LogP contribution in [0.25, 0.3) is 0 Å². The third-order valence-electron chi connectivity index (χ3n) is 2.47. The van der Waals surface area contributed by atoms with E-state index in [1.165, 1.54) is 6.07 Å². The molecule has 1 unspecified atom stereocenters. The van der Waals surface area contributed by atoms with Crippen LogP contribution < -0.4 is 10.6 Å². The molecule has 0 spiro atoms. The molecule has 0 heterocycles. The molecule has 0 aromatic heterocycles. The Morgan fingerprint density at radius 1 is 1.19 bits per heavy atom. The van der Waals surface area contributed by atoms with Crippen LogP contribution in [0.3, 0.4) is 0 Å². The lowest BCUT2D eigenvalue weighted by atomic mass is 10.1. The highest BCUT2D eigenvalue weighted by Crippen LogP contribution is 2.23. The third kappa shape index (κ3) is 6.50. The molecule has 0 aliphatic rings. The lowest BCUT2D eigenvalue weighted by molar-refractivity contribution is -0.129. The average Bonchev–Trinajstić information content (AvgIpc) is 2.41. The van der Waals surface area contributed by atoms with Gasteiger partial charge in [-0.3, -0.25) is 9.59 Å². The van der Waals surface area contributed by atoms with Crippen LogP contribution >= 0.6 is 23.2 Å². The van der Waals surface area contributed by atoms with Gasteiger partial charge in [-0.15, -0.1) is 6.42 Å². The van der Waals surface area contributed by atoms with Crippen LogP contribution in [0.15, 0.2) is 18.2 Å².